The van der Waals surface area contributed by atoms with Crippen LogP contribution in [0.3, 0.4) is 0 Å². The number of amides is 2. The molecular formula is C103H90BrF6N5O4P4PdZn. The molecule has 2 aliphatic heterocycles. The summed E-state index contributed by atoms with van der Waals surface area (Å²) in [6.07, 6.45) is -5.63. The largest absolute Gasteiger partial charge is 2.00 e. The first-order valence-corrected chi connectivity index (χ1v) is 45.3. The van der Waals surface area contributed by atoms with Gasteiger partial charge in [-0.2, -0.15) is 5.26 Å². The molecule has 2 heterocycles. The summed E-state index contributed by atoms with van der Waals surface area (Å²) in [5, 5.41) is 38.3. The van der Waals surface area contributed by atoms with Crippen molar-refractivity contribution in [3.63, 3.8) is 0 Å². The third kappa shape index (κ3) is 28.6. The summed E-state index contributed by atoms with van der Waals surface area (Å²) in [4.78, 5) is 26.9. The van der Waals surface area contributed by atoms with Crippen LogP contribution in [0, 0.1) is 57.5 Å². The minimum Gasteiger partial charge on any atom is -0.512 e. The Labute approximate surface area is 770 Å². The number of hydrogen-bond acceptors (Lipinski definition) is 7. The standard InChI is InChI=1S/4C18H15P.C15H15F3N2O2.C14H15BrF3NO2.2CN.Pd.Zn/c4*1-4-10-16(11-5-1)19(17-12-6-2-7-13-17)18-14-8-3-9-15-18;1-15(2,13(17)18)14(21)20-5-6-22-12-9(7-19)3-4-11(16)10(12)8-20;1-14(2,12(17)18)13(20)19-5-6-21-11-8(7-19)10(16)4-3-9(11)15;2*1-2;;/h4*1-15H;3-4,13H,5-6,8H2,1-2H3;3-4,12H,5-7H2,1-2H3;;;;/q;;;;;;2*-1;;+2. The van der Waals surface area contributed by atoms with E-state index in [0.717, 1.165) is 24.8 Å². The summed E-state index contributed by atoms with van der Waals surface area (Å²) in [5.41, 5.74) is -3.30. The third-order valence-corrected chi connectivity index (χ3v) is 29.7. The van der Waals surface area contributed by atoms with Crippen LogP contribution in [0.1, 0.15) is 44.4 Å². The van der Waals surface area contributed by atoms with E-state index in [1.807, 2.05) is 6.07 Å². The van der Waals surface area contributed by atoms with Crippen molar-refractivity contribution in [2.75, 3.05) is 26.3 Å². The number of halogens is 7. The van der Waals surface area contributed by atoms with Gasteiger partial charge in [0.2, 0.25) is 11.8 Å². The number of carbonyl (C=O) groups is 2. The van der Waals surface area contributed by atoms with Crippen molar-refractivity contribution in [1.29, 1.82) is 15.8 Å². The maximum Gasteiger partial charge on any atom is 2.00 e. The molecule has 125 heavy (non-hydrogen) atoms. The molecule has 14 aromatic rings. The fraction of sp³-hybridized carbons (Fsp3) is 0.136. The third-order valence-electron chi connectivity index (χ3n) is 19.3. The molecule has 0 bridgehead atoms. The van der Waals surface area contributed by atoms with Gasteiger partial charge in [-0.3, -0.25) is 9.59 Å². The minimum atomic E-state index is -2.83. The Morgan fingerprint density at radius 3 is 0.720 bits per heavy atom. The number of carbonyl (C=O) groups excluding carboxylic acids is 2. The summed E-state index contributed by atoms with van der Waals surface area (Å²) in [7, 11) is -1.78. The van der Waals surface area contributed by atoms with Crippen molar-refractivity contribution in [2.45, 2.75) is 53.6 Å². The van der Waals surface area contributed by atoms with E-state index in [-0.39, 0.29) is 102 Å². The van der Waals surface area contributed by atoms with Crippen molar-refractivity contribution in [2.24, 2.45) is 10.8 Å². The Hall–Kier alpha value is -10.8. The summed E-state index contributed by atoms with van der Waals surface area (Å²) >= 11 is 3.26. The van der Waals surface area contributed by atoms with E-state index in [4.69, 9.17) is 38.4 Å². The number of nitrogens with zero attached hydrogens (tertiary/aromatic N) is 5. The molecule has 0 saturated heterocycles. The molecule has 9 nitrogen and oxygen atoms in total. The van der Waals surface area contributed by atoms with Crippen molar-refractivity contribution < 1.29 is 85.3 Å². The first-order valence-electron chi connectivity index (χ1n) is 39.2. The molecule has 0 saturated carbocycles. The van der Waals surface area contributed by atoms with Crippen LogP contribution in [-0.2, 0) is 62.6 Å². The molecule has 14 aromatic carbocycles. The van der Waals surface area contributed by atoms with Crippen molar-refractivity contribution >= 4 is 123 Å². The summed E-state index contributed by atoms with van der Waals surface area (Å²) in [5.74, 6) is -2.26. The normalized spacial score (nSPS) is 11.7. The van der Waals surface area contributed by atoms with Gasteiger partial charge in [0.15, 0.2) is 0 Å². The second-order valence-electron chi connectivity index (χ2n) is 28.4. The number of alkyl halides is 4. The molecule has 0 aliphatic carbocycles. The molecule has 0 fully saturated rings. The van der Waals surface area contributed by atoms with Crippen LogP contribution < -0.4 is 73.1 Å². The zero-order chi connectivity index (χ0) is 87.9. The van der Waals surface area contributed by atoms with Crippen LogP contribution in [-0.4, -0.2) is 60.8 Å². The topological polar surface area (TPSA) is 130 Å². The van der Waals surface area contributed by atoms with Crippen LogP contribution in [0.4, 0.5) is 26.3 Å². The van der Waals surface area contributed by atoms with Gasteiger partial charge in [0.05, 0.1) is 47.3 Å². The van der Waals surface area contributed by atoms with Gasteiger partial charge in [0.25, 0.3) is 12.9 Å². The Kier molecular flexibility index (Phi) is 42.8. The molecule has 2 amide bonds. The van der Waals surface area contributed by atoms with Crippen molar-refractivity contribution in [3.05, 3.63) is 434 Å². The summed E-state index contributed by atoms with van der Waals surface area (Å²) < 4.78 is 91.3. The Balaban J connectivity index is 0.000000204. The van der Waals surface area contributed by atoms with E-state index in [1.165, 1.54) is 101 Å². The zero-order valence-corrected chi connectivity index (χ0v) is 78.9. The number of nitriles is 1. The van der Waals surface area contributed by atoms with E-state index in [1.54, 1.807) is 0 Å². The van der Waals surface area contributed by atoms with Gasteiger partial charge in [-0.1, -0.05) is 364 Å². The van der Waals surface area contributed by atoms with Gasteiger partial charge in [0, 0.05) is 20.4 Å². The van der Waals surface area contributed by atoms with Gasteiger partial charge in [-0.05, 0) is 163 Å². The predicted molar refractivity (Wildman–Crippen MR) is 497 cm³/mol. The predicted octanol–water partition coefficient (Wildman–Crippen LogP) is 20.3. The number of fused-ring (bicyclic) bond motifs is 2. The Morgan fingerprint density at radius 2 is 0.528 bits per heavy atom. The van der Waals surface area contributed by atoms with Gasteiger partial charge < -0.3 is 42.9 Å². The number of benzene rings is 14. The average molecular weight is 1950 g/mol. The van der Waals surface area contributed by atoms with Crippen LogP contribution in [0.25, 0.3) is 0 Å². The molecule has 0 aromatic heterocycles. The van der Waals surface area contributed by atoms with Gasteiger partial charge in [-0.25, -0.2) is 26.3 Å². The molecule has 0 spiro atoms. The number of ether oxygens (including phenoxy) is 2. The fourth-order valence-corrected chi connectivity index (χ4v) is 22.7. The van der Waals surface area contributed by atoms with Crippen LogP contribution in [0.2, 0.25) is 0 Å². The molecule has 0 unspecified atom stereocenters. The van der Waals surface area contributed by atoms with E-state index in [9.17, 15) is 35.9 Å². The molecule has 2 aliphatic rings. The fourth-order valence-electron chi connectivity index (χ4n) is 13.0. The molecule has 0 radical (unpaired) electrons. The quantitative estimate of drug-likeness (QED) is 0.0407. The molecule has 16 rings (SSSR count). The molecule has 0 atom stereocenters. The monoisotopic (exact) mass is 1950 g/mol. The van der Waals surface area contributed by atoms with Gasteiger partial charge in [-0.15, -0.1) is 0 Å². The average Bonchev–Trinajstić information content (AvgIpc) is 1.66. The maximum atomic E-state index is 14.0. The van der Waals surface area contributed by atoms with Crippen LogP contribution in [0.5, 0.6) is 11.5 Å². The van der Waals surface area contributed by atoms with E-state index in [2.05, 4.69) is 380 Å². The Bertz CT molecular complexity index is 4750. The van der Waals surface area contributed by atoms with Crippen LogP contribution >= 0.6 is 47.6 Å². The maximum absolute atomic E-state index is 14.0. The Morgan fingerprint density at radius 1 is 0.344 bits per heavy atom. The molecular weight excluding hydrogens is 1860 g/mol. The SMILES string of the molecule is CC(C)(C(=O)N1CCOc2c(Br)ccc(F)c2C1)C(F)F.CC(C)(C(=O)N1CCOc2c(C#N)ccc(F)c2C1)C(F)F.[C-]#N.[C-]#N.[Pd].[Zn+2].c1ccc(P(c2ccccc2)c2ccccc2)cc1.c1ccc(P(c2ccccc2)c2ccccc2)cc1.c1ccc(P(c2ccccc2)c2ccccc2)cc1.c1ccc(P(c2ccccc2)c2ccccc2)cc1. The zero-order valence-electron chi connectivity index (χ0n) is 69.2. The van der Waals surface area contributed by atoms with Gasteiger partial charge >= 0.3 is 19.5 Å². The first-order chi connectivity index (χ1) is 59.8. The van der Waals surface area contributed by atoms with Crippen molar-refractivity contribution in [1.82, 2.24) is 9.80 Å². The molecule has 0 N–H and O–H groups in total. The molecule has 632 valence electrons. The second kappa shape index (κ2) is 52.8. The first kappa shape index (κ1) is 101. The van der Waals surface area contributed by atoms with E-state index in [0.29, 0.717) is 10.2 Å². The second-order valence-corrected chi connectivity index (χ2v) is 38.1. The van der Waals surface area contributed by atoms with Gasteiger partial charge in [0.1, 0.15) is 53.2 Å². The smallest absolute Gasteiger partial charge is 0.512 e. The summed E-state index contributed by atoms with van der Waals surface area (Å²) in [6.45, 7) is 14.2. The summed E-state index contributed by atoms with van der Waals surface area (Å²) in [6, 6.07) is 136. The van der Waals surface area contributed by atoms with Crippen molar-refractivity contribution in [3.8, 4) is 17.6 Å². The number of rotatable bonds is 16. The van der Waals surface area contributed by atoms with E-state index >= 15 is 0 Å². The molecule has 22 heteroatoms. The number of hydrogen-bond donors (Lipinski definition) is 0. The van der Waals surface area contributed by atoms with Crippen LogP contribution in [0.15, 0.2) is 393 Å². The minimum absolute atomic E-state index is 0. The van der Waals surface area contributed by atoms with E-state index < -0.39 is 78.8 Å².